The molecule has 0 aromatic heterocycles. The van der Waals surface area contributed by atoms with E-state index in [0.29, 0.717) is 5.56 Å². The van der Waals surface area contributed by atoms with E-state index in [4.69, 9.17) is 4.74 Å². The molecule has 2 aromatic rings. The first-order chi connectivity index (χ1) is 10.0. The first kappa shape index (κ1) is 15.1. The average molecular weight is 283 g/mol. The van der Waals surface area contributed by atoms with Gasteiger partial charge in [-0.15, -0.1) is 0 Å². The van der Waals surface area contributed by atoms with Crippen LogP contribution in [0.1, 0.15) is 40.0 Å². The smallest absolute Gasteiger partial charge is 0.251 e. The van der Waals surface area contributed by atoms with Crippen LogP contribution in [0.25, 0.3) is 0 Å². The fourth-order valence-corrected chi connectivity index (χ4v) is 2.45. The van der Waals surface area contributed by atoms with E-state index in [1.54, 1.807) is 13.2 Å². The van der Waals surface area contributed by atoms with Crippen molar-refractivity contribution in [2.75, 3.05) is 7.11 Å². The van der Waals surface area contributed by atoms with Gasteiger partial charge in [0.2, 0.25) is 0 Å². The van der Waals surface area contributed by atoms with Gasteiger partial charge in [0.1, 0.15) is 5.75 Å². The fraction of sp³-hybridized carbons (Fsp3) is 0.278. The summed E-state index contributed by atoms with van der Waals surface area (Å²) in [6.07, 6.45) is 0. The maximum Gasteiger partial charge on any atom is 0.251 e. The zero-order chi connectivity index (χ0) is 15.4. The molecule has 0 heterocycles. The monoisotopic (exact) mass is 283 g/mol. The highest BCUT2D eigenvalue weighted by molar-refractivity contribution is 5.94. The lowest BCUT2D eigenvalue weighted by atomic mass is 10.0. The summed E-state index contributed by atoms with van der Waals surface area (Å²) in [7, 11) is 1.63. The number of ether oxygens (including phenoxy) is 1. The Morgan fingerprint density at radius 3 is 2.43 bits per heavy atom. The lowest BCUT2D eigenvalue weighted by molar-refractivity contribution is 0.0939. The van der Waals surface area contributed by atoms with Crippen molar-refractivity contribution in [1.29, 1.82) is 0 Å². The van der Waals surface area contributed by atoms with Crippen molar-refractivity contribution in [3.05, 3.63) is 64.7 Å². The van der Waals surface area contributed by atoms with Gasteiger partial charge in [0, 0.05) is 5.56 Å². The van der Waals surface area contributed by atoms with E-state index < -0.39 is 0 Å². The number of nitrogens with one attached hydrogen (secondary N) is 1. The van der Waals surface area contributed by atoms with Crippen LogP contribution in [0.15, 0.2) is 42.5 Å². The Kier molecular flexibility index (Phi) is 4.63. The van der Waals surface area contributed by atoms with Gasteiger partial charge in [-0.1, -0.05) is 24.3 Å². The third kappa shape index (κ3) is 3.43. The number of benzene rings is 2. The molecule has 0 saturated carbocycles. The van der Waals surface area contributed by atoms with Crippen LogP contribution >= 0.6 is 0 Å². The maximum absolute atomic E-state index is 12.3. The Bertz CT molecular complexity index is 649. The normalized spacial score (nSPS) is 11.8. The molecule has 110 valence electrons. The summed E-state index contributed by atoms with van der Waals surface area (Å²) in [6.45, 7) is 5.98. The van der Waals surface area contributed by atoms with E-state index in [9.17, 15) is 4.79 Å². The van der Waals surface area contributed by atoms with Crippen LogP contribution in [0.2, 0.25) is 0 Å². The molecule has 1 N–H and O–H groups in total. The highest BCUT2D eigenvalue weighted by Gasteiger charge is 2.13. The first-order valence-corrected chi connectivity index (χ1v) is 7.04. The minimum Gasteiger partial charge on any atom is -0.496 e. The molecule has 0 aliphatic rings. The van der Waals surface area contributed by atoms with Crippen LogP contribution in [-0.2, 0) is 0 Å². The molecule has 0 unspecified atom stereocenters. The molecule has 1 amide bonds. The number of rotatable bonds is 4. The minimum absolute atomic E-state index is 0.0268. The van der Waals surface area contributed by atoms with Crippen molar-refractivity contribution in [2.45, 2.75) is 26.8 Å². The predicted octanol–water partition coefficient (Wildman–Crippen LogP) is 3.80. The molecule has 0 bridgehead atoms. The number of hydrogen-bond acceptors (Lipinski definition) is 2. The topological polar surface area (TPSA) is 38.3 Å². The second kappa shape index (κ2) is 6.44. The Morgan fingerprint density at radius 1 is 1.10 bits per heavy atom. The van der Waals surface area contributed by atoms with Crippen molar-refractivity contribution in [3.63, 3.8) is 0 Å². The molecule has 1 atom stereocenters. The first-order valence-electron chi connectivity index (χ1n) is 7.04. The van der Waals surface area contributed by atoms with Crippen molar-refractivity contribution in [3.8, 4) is 5.75 Å². The Hall–Kier alpha value is -2.29. The van der Waals surface area contributed by atoms with Crippen LogP contribution in [0.3, 0.4) is 0 Å². The summed E-state index contributed by atoms with van der Waals surface area (Å²) in [6, 6.07) is 13.5. The van der Waals surface area contributed by atoms with E-state index in [-0.39, 0.29) is 11.9 Å². The van der Waals surface area contributed by atoms with Crippen molar-refractivity contribution in [1.82, 2.24) is 5.32 Å². The summed E-state index contributed by atoms with van der Waals surface area (Å²) in [5, 5.41) is 3.04. The van der Waals surface area contributed by atoms with Crippen LogP contribution in [0.5, 0.6) is 5.75 Å². The quantitative estimate of drug-likeness (QED) is 0.926. The second-order valence-electron chi connectivity index (χ2n) is 5.24. The fourth-order valence-electron chi connectivity index (χ4n) is 2.45. The summed E-state index contributed by atoms with van der Waals surface area (Å²) in [5.41, 5.74) is 3.91. The number of aryl methyl sites for hydroxylation is 2. The van der Waals surface area contributed by atoms with Gasteiger partial charge < -0.3 is 10.1 Å². The lowest BCUT2D eigenvalue weighted by Gasteiger charge is -2.17. The lowest BCUT2D eigenvalue weighted by Crippen LogP contribution is -2.27. The Morgan fingerprint density at radius 2 is 1.81 bits per heavy atom. The largest absolute Gasteiger partial charge is 0.496 e. The molecule has 0 saturated heterocycles. The molecule has 0 radical (unpaired) electrons. The van der Waals surface area contributed by atoms with Gasteiger partial charge in [-0.05, 0) is 55.7 Å². The van der Waals surface area contributed by atoms with E-state index in [1.807, 2.05) is 44.2 Å². The standard InChI is InChI=1S/C18H21NO2/c1-12-7-5-6-8-16(12)14(3)19-18(20)15-9-10-17(21-4)13(2)11-15/h5-11,14H,1-4H3,(H,19,20)/t14-/m1/s1. The third-order valence-corrected chi connectivity index (χ3v) is 3.66. The number of carbonyl (C=O) groups excluding carboxylic acids is 1. The maximum atomic E-state index is 12.3. The van der Waals surface area contributed by atoms with Gasteiger partial charge in [0.05, 0.1) is 13.2 Å². The molecule has 3 heteroatoms. The molecule has 2 aromatic carbocycles. The van der Waals surface area contributed by atoms with Gasteiger partial charge in [-0.3, -0.25) is 4.79 Å². The predicted molar refractivity (Wildman–Crippen MR) is 84.8 cm³/mol. The van der Waals surface area contributed by atoms with Crippen LogP contribution in [0.4, 0.5) is 0 Å². The molecule has 0 aliphatic carbocycles. The van der Waals surface area contributed by atoms with Gasteiger partial charge in [0.15, 0.2) is 0 Å². The van der Waals surface area contributed by atoms with Gasteiger partial charge in [-0.25, -0.2) is 0 Å². The third-order valence-electron chi connectivity index (χ3n) is 3.66. The molecule has 0 aliphatic heterocycles. The SMILES string of the molecule is COc1ccc(C(=O)N[C@H](C)c2ccccc2C)cc1C. The summed E-state index contributed by atoms with van der Waals surface area (Å²) < 4.78 is 5.21. The van der Waals surface area contributed by atoms with Crippen LogP contribution < -0.4 is 10.1 Å². The van der Waals surface area contributed by atoms with Crippen LogP contribution in [0, 0.1) is 13.8 Å². The van der Waals surface area contributed by atoms with E-state index in [0.717, 1.165) is 16.9 Å². The Labute approximate surface area is 126 Å². The zero-order valence-corrected chi connectivity index (χ0v) is 12.9. The van der Waals surface area contributed by atoms with Crippen molar-refractivity contribution >= 4 is 5.91 Å². The summed E-state index contributed by atoms with van der Waals surface area (Å²) >= 11 is 0. The number of amides is 1. The van der Waals surface area contributed by atoms with E-state index >= 15 is 0 Å². The second-order valence-corrected chi connectivity index (χ2v) is 5.24. The van der Waals surface area contributed by atoms with E-state index in [2.05, 4.69) is 18.3 Å². The van der Waals surface area contributed by atoms with Crippen molar-refractivity contribution in [2.24, 2.45) is 0 Å². The molecular formula is C18H21NO2. The van der Waals surface area contributed by atoms with Gasteiger partial charge in [-0.2, -0.15) is 0 Å². The molecule has 0 fully saturated rings. The number of carbonyl (C=O) groups is 1. The molecule has 21 heavy (non-hydrogen) atoms. The summed E-state index contributed by atoms with van der Waals surface area (Å²) in [4.78, 5) is 12.3. The van der Waals surface area contributed by atoms with Crippen molar-refractivity contribution < 1.29 is 9.53 Å². The highest BCUT2D eigenvalue weighted by Crippen LogP contribution is 2.20. The zero-order valence-electron chi connectivity index (χ0n) is 12.9. The molecular weight excluding hydrogens is 262 g/mol. The van der Waals surface area contributed by atoms with Crippen LogP contribution in [-0.4, -0.2) is 13.0 Å². The summed E-state index contributed by atoms with van der Waals surface area (Å²) in [5.74, 6) is 0.718. The van der Waals surface area contributed by atoms with E-state index in [1.165, 1.54) is 5.56 Å². The average Bonchev–Trinajstić information content (AvgIpc) is 2.47. The Balaban J connectivity index is 2.14. The molecule has 3 nitrogen and oxygen atoms in total. The molecule has 2 rings (SSSR count). The number of methoxy groups -OCH3 is 1. The van der Waals surface area contributed by atoms with Gasteiger partial charge in [0.25, 0.3) is 5.91 Å². The molecule has 0 spiro atoms. The highest BCUT2D eigenvalue weighted by atomic mass is 16.5. The minimum atomic E-state index is -0.0727. The van der Waals surface area contributed by atoms with Gasteiger partial charge >= 0.3 is 0 Å². The number of hydrogen-bond donors (Lipinski definition) is 1.